The summed E-state index contributed by atoms with van der Waals surface area (Å²) in [5.41, 5.74) is 1.44. The van der Waals surface area contributed by atoms with Crippen LogP contribution in [0.5, 0.6) is 0 Å². The van der Waals surface area contributed by atoms with E-state index >= 15 is 0 Å². The van der Waals surface area contributed by atoms with E-state index in [4.69, 9.17) is 21.3 Å². The van der Waals surface area contributed by atoms with Gasteiger partial charge in [0.05, 0.1) is 30.4 Å². The molecule has 6 nitrogen and oxygen atoms in total. The molecule has 1 saturated heterocycles. The zero-order valence-corrected chi connectivity index (χ0v) is 15.7. The summed E-state index contributed by atoms with van der Waals surface area (Å²) in [5.74, 6) is 1.41. The van der Waals surface area contributed by atoms with Crippen molar-refractivity contribution in [3.05, 3.63) is 41.6 Å². The van der Waals surface area contributed by atoms with Gasteiger partial charge in [0, 0.05) is 37.8 Å². The number of hydrogen-bond donors (Lipinski definition) is 0. The second-order valence-corrected chi connectivity index (χ2v) is 7.62. The number of pyridine rings is 2. The van der Waals surface area contributed by atoms with Crippen LogP contribution in [0.15, 0.2) is 36.5 Å². The van der Waals surface area contributed by atoms with Gasteiger partial charge >= 0.3 is 0 Å². The number of ether oxygens (including phenoxy) is 1. The number of rotatable bonds is 6. The van der Waals surface area contributed by atoms with Crippen LogP contribution >= 0.6 is 11.6 Å². The van der Waals surface area contributed by atoms with Crippen molar-refractivity contribution in [1.29, 1.82) is 0 Å². The zero-order chi connectivity index (χ0) is 17.6. The zero-order valence-electron chi connectivity index (χ0n) is 14.1. The first kappa shape index (κ1) is 18.4. The Labute approximate surface area is 156 Å². The van der Waals surface area contributed by atoms with Crippen LogP contribution in [0.3, 0.4) is 0 Å². The second kappa shape index (κ2) is 8.82. The Morgan fingerprint density at radius 3 is 2.68 bits per heavy atom. The Hall–Kier alpha value is -1.38. The molecule has 2 aromatic heterocycles. The molecule has 8 heteroatoms. The lowest BCUT2D eigenvalue weighted by Gasteiger charge is -2.35. The SMILES string of the molecule is COCC[S+]([O-])N1CCN(c2ccc(Cl)c(-c3ccccn3)n2)CC1. The number of hydrogen-bond acceptors (Lipinski definition) is 6. The summed E-state index contributed by atoms with van der Waals surface area (Å²) < 4.78 is 19.2. The standard InChI is InChI=1S/C17H21ClN4O2S/c1-24-12-13-25(23)22-10-8-21(9-11-22)16-6-5-14(18)17(20-16)15-4-2-3-7-19-15/h2-7H,8-13H2,1H3. The van der Waals surface area contributed by atoms with Crippen LogP contribution in [-0.2, 0) is 16.1 Å². The van der Waals surface area contributed by atoms with Crippen molar-refractivity contribution < 1.29 is 9.29 Å². The normalized spacial score (nSPS) is 16.8. The molecule has 1 unspecified atom stereocenters. The molecule has 1 aliphatic heterocycles. The molecule has 0 saturated carbocycles. The molecule has 1 aliphatic rings. The van der Waals surface area contributed by atoms with Crippen molar-refractivity contribution in [3.8, 4) is 11.4 Å². The highest BCUT2D eigenvalue weighted by Gasteiger charge is 2.26. The third kappa shape index (κ3) is 4.62. The topological polar surface area (TPSA) is 64.6 Å². The van der Waals surface area contributed by atoms with Gasteiger partial charge in [0.25, 0.3) is 0 Å². The summed E-state index contributed by atoms with van der Waals surface area (Å²) in [6.07, 6.45) is 1.73. The minimum Gasteiger partial charge on any atom is -0.598 e. The quantitative estimate of drug-likeness (QED) is 0.716. The summed E-state index contributed by atoms with van der Waals surface area (Å²) in [4.78, 5) is 11.2. The largest absolute Gasteiger partial charge is 0.598 e. The first-order valence-electron chi connectivity index (χ1n) is 8.14. The van der Waals surface area contributed by atoms with Crippen molar-refractivity contribution >= 4 is 28.8 Å². The van der Waals surface area contributed by atoms with Gasteiger partial charge in [-0.05, 0) is 24.3 Å². The molecule has 3 rings (SSSR count). The van der Waals surface area contributed by atoms with Gasteiger partial charge in [-0.1, -0.05) is 17.7 Å². The average Bonchev–Trinajstić information content (AvgIpc) is 2.67. The summed E-state index contributed by atoms with van der Waals surface area (Å²) in [5, 5.41) is 0.585. The van der Waals surface area contributed by atoms with Crippen molar-refractivity contribution in [2.75, 3.05) is 50.5 Å². The van der Waals surface area contributed by atoms with E-state index < -0.39 is 11.4 Å². The van der Waals surface area contributed by atoms with Gasteiger partial charge in [0.2, 0.25) is 0 Å². The van der Waals surface area contributed by atoms with Gasteiger partial charge in [-0.2, -0.15) is 0 Å². The molecular weight excluding hydrogens is 360 g/mol. The van der Waals surface area contributed by atoms with E-state index in [0.29, 0.717) is 23.1 Å². The smallest absolute Gasteiger partial charge is 0.149 e. The number of halogens is 1. The minimum absolute atomic E-state index is 0.513. The Balaban J connectivity index is 1.68. The molecule has 0 amide bonds. The molecule has 3 heterocycles. The van der Waals surface area contributed by atoms with E-state index in [2.05, 4.69) is 9.88 Å². The summed E-state index contributed by atoms with van der Waals surface area (Å²) in [7, 11) is 1.63. The maximum Gasteiger partial charge on any atom is 0.149 e. The summed E-state index contributed by atoms with van der Waals surface area (Å²) >= 11 is 5.32. The first-order valence-corrected chi connectivity index (χ1v) is 9.79. The van der Waals surface area contributed by atoms with Crippen LogP contribution in [-0.4, -0.2) is 64.5 Å². The van der Waals surface area contributed by atoms with E-state index in [9.17, 15) is 4.55 Å². The minimum atomic E-state index is -0.985. The second-order valence-electron chi connectivity index (χ2n) is 5.65. The monoisotopic (exact) mass is 380 g/mol. The molecule has 2 aromatic rings. The molecule has 0 bridgehead atoms. The van der Waals surface area contributed by atoms with Crippen LogP contribution in [0, 0.1) is 0 Å². The highest BCUT2D eigenvalue weighted by Crippen LogP contribution is 2.27. The lowest BCUT2D eigenvalue weighted by molar-refractivity contribution is 0.215. The van der Waals surface area contributed by atoms with E-state index in [1.807, 2.05) is 34.6 Å². The lowest BCUT2D eigenvalue weighted by Crippen LogP contribution is -2.49. The summed E-state index contributed by atoms with van der Waals surface area (Å²) in [6, 6.07) is 9.46. The van der Waals surface area contributed by atoms with Gasteiger partial charge < -0.3 is 14.2 Å². The lowest BCUT2D eigenvalue weighted by atomic mass is 10.2. The molecule has 0 N–H and O–H groups in total. The third-order valence-electron chi connectivity index (χ3n) is 4.05. The molecule has 0 aliphatic carbocycles. The van der Waals surface area contributed by atoms with Crippen LogP contribution in [0.25, 0.3) is 11.4 Å². The molecular formula is C17H21ClN4O2S. The molecule has 0 aromatic carbocycles. The van der Waals surface area contributed by atoms with Crippen molar-refractivity contribution in [1.82, 2.24) is 14.3 Å². The van der Waals surface area contributed by atoms with Crippen molar-refractivity contribution in [2.45, 2.75) is 0 Å². The fourth-order valence-electron chi connectivity index (χ4n) is 2.69. The van der Waals surface area contributed by atoms with E-state index in [-0.39, 0.29) is 0 Å². The Morgan fingerprint density at radius 2 is 2.00 bits per heavy atom. The number of piperazine rings is 1. The summed E-state index contributed by atoms with van der Waals surface area (Å²) in [6.45, 7) is 3.53. The molecule has 0 spiro atoms. The van der Waals surface area contributed by atoms with Gasteiger partial charge in [0.1, 0.15) is 17.3 Å². The third-order valence-corrected chi connectivity index (χ3v) is 5.81. The number of nitrogens with zero attached hydrogens (tertiary/aromatic N) is 4. The van der Waals surface area contributed by atoms with Gasteiger partial charge in [-0.25, -0.2) is 4.98 Å². The highest BCUT2D eigenvalue weighted by molar-refractivity contribution is 7.89. The number of aromatic nitrogens is 2. The molecule has 0 radical (unpaired) electrons. The maximum absolute atomic E-state index is 12.2. The van der Waals surface area contributed by atoms with Crippen molar-refractivity contribution in [3.63, 3.8) is 0 Å². The maximum atomic E-state index is 12.2. The number of anilines is 1. The van der Waals surface area contributed by atoms with Crippen LogP contribution in [0.4, 0.5) is 5.82 Å². The average molecular weight is 381 g/mol. The number of methoxy groups -OCH3 is 1. The van der Waals surface area contributed by atoms with E-state index in [1.165, 1.54) is 0 Å². The first-order chi connectivity index (χ1) is 12.2. The van der Waals surface area contributed by atoms with E-state index in [1.54, 1.807) is 13.3 Å². The predicted molar refractivity (Wildman–Crippen MR) is 101 cm³/mol. The molecule has 25 heavy (non-hydrogen) atoms. The van der Waals surface area contributed by atoms with Gasteiger partial charge in [0.15, 0.2) is 0 Å². The van der Waals surface area contributed by atoms with Gasteiger partial charge in [-0.15, -0.1) is 4.31 Å². The van der Waals surface area contributed by atoms with Crippen molar-refractivity contribution in [2.24, 2.45) is 0 Å². The highest BCUT2D eigenvalue weighted by atomic mass is 35.5. The van der Waals surface area contributed by atoms with Crippen LogP contribution < -0.4 is 4.90 Å². The molecule has 1 atom stereocenters. The van der Waals surface area contributed by atoms with Crippen LogP contribution in [0.1, 0.15) is 0 Å². The van der Waals surface area contributed by atoms with Crippen LogP contribution in [0.2, 0.25) is 5.02 Å². The molecule has 1 fully saturated rings. The molecule has 134 valence electrons. The Bertz CT molecular complexity index is 684. The Kier molecular flexibility index (Phi) is 6.50. The fourth-order valence-corrected chi connectivity index (χ4v) is 4.04. The Morgan fingerprint density at radius 1 is 1.20 bits per heavy atom. The fraction of sp³-hybridized carbons (Fsp3) is 0.412. The predicted octanol–water partition coefficient (Wildman–Crippen LogP) is 2.23. The van der Waals surface area contributed by atoms with Gasteiger partial charge in [-0.3, -0.25) is 4.98 Å². The van der Waals surface area contributed by atoms with E-state index in [0.717, 1.165) is 37.7 Å².